The number of methoxy groups -OCH3 is 1. The molecule has 148 valence electrons. The number of likely N-dealkylation sites (tertiary alicyclic amines) is 1. The highest BCUT2D eigenvalue weighted by atomic mass is 16.5. The van der Waals surface area contributed by atoms with Crippen molar-refractivity contribution in [2.75, 3.05) is 13.7 Å². The topological polar surface area (TPSA) is 104 Å². The van der Waals surface area contributed by atoms with Crippen LogP contribution in [0.3, 0.4) is 0 Å². The van der Waals surface area contributed by atoms with Gasteiger partial charge in [0.2, 0.25) is 5.91 Å². The van der Waals surface area contributed by atoms with E-state index in [1.54, 1.807) is 42.5 Å². The molecule has 2 aromatic carbocycles. The highest BCUT2D eigenvalue weighted by Crippen LogP contribution is 2.38. The minimum Gasteiger partial charge on any atom is -0.467 e. The molecule has 2 aromatic rings. The van der Waals surface area contributed by atoms with Crippen LogP contribution in [-0.4, -0.2) is 64.4 Å². The molecule has 1 N–H and O–H groups in total. The van der Waals surface area contributed by atoms with E-state index >= 15 is 0 Å². The smallest absolute Gasteiger partial charge is 0.331 e. The first-order valence-electron chi connectivity index (χ1n) is 9.04. The van der Waals surface area contributed by atoms with Crippen molar-refractivity contribution in [1.82, 2.24) is 9.80 Å². The van der Waals surface area contributed by atoms with Gasteiger partial charge in [0.15, 0.2) is 12.1 Å². The molecule has 0 unspecified atom stereocenters. The first-order valence-corrected chi connectivity index (χ1v) is 9.04. The average molecular weight is 394 g/mol. The van der Waals surface area contributed by atoms with Gasteiger partial charge in [-0.1, -0.05) is 42.5 Å². The van der Waals surface area contributed by atoms with Crippen molar-refractivity contribution in [1.29, 1.82) is 0 Å². The highest BCUT2D eigenvalue weighted by Gasteiger charge is 2.61. The molecule has 8 nitrogen and oxygen atoms in total. The molecule has 0 bridgehead atoms. The molecule has 3 amide bonds. The molecule has 29 heavy (non-hydrogen) atoms. The molecular formula is C21H18N2O6. The number of aliphatic hydroxyl groups excluding tert-OH is 1. The summed E-state index contributed by atoms with van der Waals surface area (Å²) in [4.78, 5) is 53.1. The number of fused-ring (bicyclic) bond motifs is 1. The summed E-state index contributed by atoms with van der Waals surface area (Å²) in [6.07, 6.45) is 0. The summed E-state index contributed by atoms with van der Waals surface area (Å²) in [5.74, 6) is -2.62. The van der Waals surface area contributed by atoms with Crippen LogP contribution in [0.1, 0.15) is 32.3 Å². The Labute approximate surface area is 166 Å². The summed E-state index contributed by atoms with van der Waals surface area (Å²) in [7, 11) is 1.17. The molecule has 2 aliphatic heterocycles. The first-order chi connectivity index (χ1) is 14.0. The van der Waals surface area contributed by atoms with Crippen LogP contribution in [0.4, 0.5) is 0 Å². The van der Waals surface area contributed by atoms with Crippen LogP contribution in [0.5, 0.6) is 0 Å². The fourth-order valence-electron chi connectivity index (χ4n) is 3.95. The largest absolute Gasteiger partial charge is 0.467 e. The Morgan fingerprint density at radius 1 is 1.00 bits per heavy atom. The number of rotatable bonds is 5. The predicted molar refractivity (Wildman–Crippen MR) is 99.6 cm³/mol. The van der Waals surface area contributed by atoms with E-state index in [9.17, 15) is 24.3 Å². The van der Waals surface area contributed by atoms with Crippen LogP contribution >= 0.6 is 0 Å². The molecule has 4 rings (SSSR count). The van der Waals surface area contributed by atoms with E-state index in [1.807, 2.05) is 0 Å². The third kappa shape index (κ3) is 2.72. The summed E-state index contributed by atoms with van der Waals surface area (Å²) in [6.45, 7) is -0.432. The van der Waals surface area contributed by atoms with Crippen molar-refractivity contribution in [2.24, 2.45) is 0 Å². The third-order valence-corrected chi connectivity index (χ3v) is 5.35. The molecular weight excluding hydrogens is 376 g/mol. The molecule has 1 fully saturated rings. The summed E-state index contributed by atoms with van der Waals surface area (Å²) >= 11 is 0. The van der Waals surface area contributed by atoms with Crippen LogP contribution in [0.25, 0.3) is 0 Å². The Morgan fingerprint density at radius 2 is 1.55 bits per heavy atom. The lowest BCUT2D eigenvalue weighted by Gasteiger charge is -2.50. The Hall–Kier alpha value is -3.52. The number of esters is 1. The molecule has 2 aliphatic rings. The van der Waals surface area contributed by atoms with Crippen LogP contribution in [-0.2, 0) is 14.3 Å². The lowest BCUT2D eigenvalue weighted by atomic mass is 9.88. The second-order valence-corrected chi connectivity index (χ2v) is 6.79. The summed E-state index contributed by atoms with van der Waals surface area (Å²) < 4.78 is 4.84. The molecule has 0 spiro atoms. The molecule has 2 heterocycles. The molecule has 0 aliphatic carbocycles. The van der Waals surface area contributed by atoms with E-state index in [1.165, 1.54) is 24.1 Å². The van der Waals surface area contributed by atoms with Gasteiger partial charge in [-0.3, -0.25) is 19.3 Å². The normalized spacial score (nSPS) is 21.7. The number of ether oxygens (including phenoxy) is 1. The maximum Gasteiger partial charge on any atom is 0.331 e. The number of imide groups is 1. The Morgan fingerprint density at radius 3 is 2.07 bits per heavy atom. The van der Waals surface area contributed by atoms with E-state index in [-0.39, 0.29) is 11.1 Å². The van der Waals surface area contributed by atoms with Gasteiger partial charge in [-0.25, -0.2) is 4.79 Å². The monoisotopic (exact) mass is 394 g/mol. The van der Waals surface area contributed by atoms with E-state index < -0.39 is 48.4 Å². The maximum atomic E-state index is 13.1. The van der Waals surface area contributed by atoms with Gasteiger partial charge >= 0.3 is 5.97 Å². The van der Waals surface area contributed by atoms with E-state index in [0.29, 0.717) is 5.56 Å². The van der Waals surface area contributed by atoms with Crippen molar-refractivity contribution in [3.8, 4) is 0 Å². The molecule has 3 atom stereocenters. The van der Waals surface area contributed by atoms with Gasteiger partial charge in [0.1, 0.15) is 0 Å². The number of carbonyl (C=O) groups excluding carboxylic acids is 4. The number of benzene rings is 2. The highest BCUT2D eigenvalue weighted by molar-refractivity contribution is 6.24. The van der Waals surface area contributed by atoms with Crippen LogP contribution in [0.2, 0.25) is 0 Å². The van der Waals surface area contributed by atoms with Crippen LogP contribution in [0, 0.1) is 0 Å². The zero-order chi connectivity index (χ0) is 20.7. The second kappa shape index (κ2) is 7.14. The van der Waals surface area contributed by atoms with E-state index in [2.05, 4.69) is 0 Å². The standard InChI is InChI=1S/C21H18N2O6/c1-29-21(28)17-16(23-18(25)13-9-5-6-10-14(13)19(23)26)20(27)22(17)15(11-24)12-7-3-2-4-8-12/h2-10,15-17,24H,11H2,1H3/t15-,16+,17+/m1/s1. The quantitative estimate of drug-likeness (QED) is 0.456. The third-order valence-electron chi connectivity index (χ3n) is 5.35. The van der Waals surface area contributed by atoms with E-state index in [0.717, 1.165) is 4.90 Å². The summed E-state index contributed by atoms with van der Waals surface area (Å²) in [6, 6.07) is 11.7. The number of amides is 3. The maximum absolute atomic E-state index is 13.1. The number of hydrogen-bond acceptors (Lipinski definition) is 6. The molecule has 8 heteroatoms. The lowest BCUT2D eigenvalue weighted by molar-refractivity contribution is -0.177. The van der Waals surface area contributed by atoms with Gasteiger partial charge in [-0.05, 0) is 17.7 Å². The van der Waals surface area contributed by atoms with Crippen LogP contribution in [0.15, 0.2) is 54.6 Å². The molecule has 0 radical (unpaired) electrons. The number of aliphatic hydroxyl groups is 1. The van der Waals surface area contributed by atoms with Crippen molar-refractivity contribution in [3.05, 3.63) is 71.3 Å². The van der Waals surface area contributed by atoms with Crippen LogP contribution < -0.4 is 0 Å². The van der Waals surface area contributed by atoms with E-state index in [4.69, 9.17) is 4.74 Å². The van der Waals surface area contributed by atoms with Gasteiger partial charge in [0.25, 0.3) is 11.8 Å². The van der Waals surface area contributed by atoms with Crippen molar-refractivity contribution in [3.63, 3.8) is 0 Å². The average Bonchev–Trinajstić information content (AvgIpc) is 3.00. The zero-order valence-corrected chi connectivity index (χ0v) is 15.5. The van der Waals surface area contributed by atoms with Crippen molar-refractivity contribution in [2.45, 2.75) is 18.1 Å². The lowest BCUT2D eigenvalue weighted by Crippen LogP contribution is -2.74. The minimum absolute atomic E-state index is 0.189. The van der Waals surface area contributed by atoms with Gasteiger partial charge in [0.05, 0.1) is 30.9 Å². The Bertz CT molecular complexity index is 970. The second-order valence-electron chi connectivity index (χ2n) is 6.79. The summed E-state index contributed by atoms with van der Waals surface area (Å²) in [5.41, 5.74) is 1.00. The fourth-order valence-corrected chi connectivity index (χ4v) is 3.95. The van der Waals surface area contributed by atoms with Crippen molar-refractivity contribution >= 4 is 23.7 Å². The Balaban J connectivity index is 1.71. The van der Waals surface area contributed by atoms with Gasteiger partial charge < -0.3 is 14.7 Å². The van der Waals surface area contributed by atoms with Gasteiger partial charge in [-0.2, -0.15) is 0 Å². The molecule has 0 aromatic heterocycles. The Kier molecular flexibility index (Phi) is 4.63. The summed E-state index contributed by atoms with van der Waals surface area (Å²) in [5, 5.41) is 9.91. The number of β-lactam (4-membered cyclic amide) rings is 1. The number of nitrogens with zero attached hydrogens (tertiary/aromatic N) is 2. The predicted octanol–water partition coefficient (Wildman–Crippen LogP) is 0.769. The molecule has 0 saturated carbocycles. The number of hydrogen-bond donors (Lipinski definition) is 1. The number of carbonyl (C=O) groups is 4. The first kappa shape index (κ1) is 18.8. The SMILES string of the molecule is COC(=O)[C@@H]1[C@H](N2C(=O)c3ccccc3C2=O)C(=O)N1[C@H](CO)c1ccccc1. The van der Waals surface area contributed by atoms with Gasteiger partial charge in [0, 0.05) is 0 Å². The van der Waals surface area contributed by atoms with Gasteiger partial charge in [-0.15, -0.1) is 0 Å². The van der Waals surface area contributed by atoms with Crippen molar-refractivity contribution < 1.29 is 29.0 Å². The molecule has 1 saturated heterocycles. The zero-order valence-electron chi connectivity index (χ0n) is 15.5. The minimum atomic E-state index is -1.31. The fraction of sp³-hybridized carbons (Fsp3) is 0.238.